The molecule has 1 heterocycles. The lowest BCUT2D eigenvalue weighted by molar-refractivity contribution is -0.384. The third kappa shape index (κ3) is 3.55. The molecule has 0 aromatic heterocycles. The number of non-ortho nitro benzene ring substituents is 1. The van der Waals surface area contributed by atoms with E-state index in [1.165, 1.54) is 37.8 Å². The van der Waals surface area contributed by atoms with Gasteiger partial charge in [-0.2, -0.15) is 0 Å². The fourth-order valence-electron chi connectivity index (χ4n) is 2.05. The summed E-state index contributed by atoms with van der Waals surface area (Å²) in [7, 11) is 0. The van der Waals surface area contributed by atoms with Gasteiger partial charge < -0.3 is 4.90 Å². The van der Waals surface area contributed by atoms with Gasteiger partial charge >= 0.3 is 0 Å². The van der Waals surface area contributed by atoms with Crippen molar-refractivity contribution in [2.45, 2.75) is 25.7 Å². The molecule has 0 atom stereocenters. The van der Waals surface area contributed by atoms with Crippen molar-refractivity contribution < 1.29 is 4.92 Å². The monoisotopic (exact) mass is 247 g/mol. The van der Waals surface area contributed by atoms with Crippen LogP contribution in [0.4, 0.5) is 11.4 Å². The molecule has 2 rings (SSSR count). The van der Waals surface area contributed by atoms with Gasteiger partial charge in [0.15, 0.2) is 0 Å². The van der Waals surface area contributed by atoms with Gasteiger partial charge in [-0.05, 0) is 18.9 Å². The zero-order valence-electron chi connectivity index (χ0n) is 10.3. The number of aliphatic imine (C=N–C) groups is 1. The van der Waals surface area contributed by atoms with Crippen LogP contribution in [0.25, 0.3) is 0 Å². The summed E-state index contributed by atoms with van der Waals surface area (Å²) < 4.78 is 0. The van der Waals surface area contributed by atoms with Gasteiger partial charge in [0.05, 0.1) is 16.9 Å². The molecule has 96 valence electrons. The van der Waals surface area contributed by atoms with Crippen LogP contribution in [-0.2, 0) is 0 Å². The fraction of sp³-hybridized carbons (Fsp3) is 0.462. The topological polar surface area (TPSA) is 58.7 Å². The predicted molar refractivity (Wildman–Crippen MR) is 71.3 cm³/mol. The summed E-state index contributed by atoms with van der Waals surface area (Å²) in [6, 6.07) is 6.41. The van der Waals surface area contributed by atoms with Crippen molar-refractivity contribution >= 4 is 17.7 Å². The molecule has 0 unspecified atom stereocenters. The zero-order valence-corrected chi connectivity index (χ0v) is 10.3. The van der Waals surface area contributed by atoms with Crippen LogP contribution in [0.3, 0.4) is 0 Å². The largest absolute Gasteiger partial charge is 0.363 e. The Balaban J connectivity index is 2.03. The van der Waals surface area contributed by atoms with E-state index in [9.17, 15) is 10.1 Å². The first-order valence-corrected chi connectivity index (χ1v) is 6.28. The summed E-state index contributed by atoms with van der Waals surface area (Å²) in [6.07, 6.45) is 6.76. The highest BCUT2D eigenvalue weighted by atomic mass is 16.6. The number of nitrogens with zero attached hydrogens (tertiary/aromatic N) is 3. The van der Waals surface area contributed by atoms with E-state index in [1.807, 2.05) is 6.34 Å². The molecule has 18 heavy (non-hydrogen) atoms. The van der Waals surface area contributed by atoms with Crippen LogP contribution in [0, 0.1) is 10.1 Å². The summed E-state index contributed by atoms with van der Waals surface area (Å²) >= 11 is 0. The number of nitro benzene ring substituents is 1. The Kier molecular flexibility index (Phi) is 4.28. The van der Waals surface area contributed by atoms with Crippen LogP contribution in [0.5, 0.6) is 0 Å². The first kappa shape index (κ1) is 12.5. The van der Waals surface area contributed by atoms with Crippen molar-refractivity contribution in [1.82, 2.24) is 4.90 Å². The third-order valence-corrected chi connectivity index (χ3v) is 3.05. The molecule has 0 spiro atoms. The molecule has 0 bridgehead atoms. The summed E-state index contributed by atoms with van der Waals surface area (Å²) in [4.78, 5) is 16.7. The van der Waals surface area contributed by atoms with E-state index < -0.39 is 4.92 Å². The molecule has 1 saturated heterocycles. The SMILES string of the molecule is O=[N+]([O-])c1cccc(N=CN2CCCCCC2)c1. The number of nitro groups is 1. The Morgan fingerprint density at radius 1 is 1.22 bits per heavy atom. The van der Waals surface area contributed by atoms with Crippen molar-refractivity contribution in [2.75, 3.05) is 13.1 Å². The van der Waals surface area contributed by atoms with Gasteiger partial charge in [0.25, 0.3) is 5.69 Å². The molecule has 0 saturated carbocycles. The number of rotatable bonds is 3. The van der Waals surface area contributed by atoms with Gasteiger partial charge in [0, 0.05) is 25.2 Å². The van der Waals surface area contributed by atoms with Crippen molar-refractivity contribution in [3.63, 3.8) is 0 Å². The minimum absolute atomic E-state index is 0.0838. The minimum atomic E-state index is -0.398. The van der Waals surface area contributed by atoms with E-state index in [1.54, 1.807) is 12.1 Å². The van der Waals surface area contributed by atoms with Crippen LogP contribution in [0.1, 0.15) is 25.7 Å². The first-order chi connectivity index (χ1) is 8.75. The quantitative estimate of drug-likeness (QED) is 0.357. The second-order valence-electron chi connectivity index (χ2n) is 4.47. The molecule has 0 aliphatic carbocycles. The lowest BCUT2D eigenvalue weighted by Gasteiger charge is -2.15. The van der Waals surface area contributed by atoms with Gasteiger partial charge in [-0.1, -0.05) is 18.9 Å². The van der Waals surface area contributed by atoms with Gasteiger partial charge in [0.1, 0.15) is 0 Å². The zero-order chi connectivity index (χ0) is 12.8. The second kappa shape index (κ2) is 6.14. The summed E-state index contributed by atoms with van der Waals surface area (Å²) in [6.45, 7) is 2.05. The number of hydrogen-bond donors (Lipinski definition) is 0. The maximum absolute atomic E-state index is 10.6. The lowest BCUT2D eigenvalue weighted by atomic mass is 10.2. The maximum atomic E-state index is 10.6. The Hall–Kier alpha value is -1.91. The molecular weight excluding hydrogens is 230 g/mol. The van der Waals surface area contributed by atoms with Gasteiger partial charge in [-0.3, -0.25) is 10.1 Å². The Bertz CT molecular complexity index is 438. The standard InChI is InChI=1S/C13H17N3O2/c17-16(18)13-7-5-6-12(10-13)14-11-15-8-3-1-2-4-9-15/h5-7,10-11H,1-4,8-9H2. The molecule has 1 aliphatic rings. The highest BCUT2D eigenvalue weighted by Crippen LogP contribution is 2.19. The second-order valence-corrected chi connectivity index (χ2v) is 4.47. The van der Waals surface area contributed by atoms with Crippen LogP contribution < -0.4 is 0 Å². The van der Waals surface area contributed by atoms with Crippen molar-refractivity contribution in [3.8, 4) is 0 Å². The van der Waals surface area contributed by atoms with Crippen molar-refractivity contribution in [3.05, 3.63) is 34.4 Å². The number of benzene rings is 1. The molecule has 1 aromatic rings. The van der Waals surface area contributed by atoms with E-state index in [4.69, 9.17) is 0 Å². The highest BCUT2D eigenvalue weighted by molar-refractivity contribution is 5.62. The maximum Gasteiger partial charge on any atom is 0.271 e. The Morgan fingerprint density at radius 2 is 1.94 bits per heavy atom. The Morgan fingerprint density at radius 3 is 2.61 bits per heavy atom. The van der Waals surface area contributed by atoms with E-state index in [2.05, 4.69) is 9.89 Å². The van der Waals surface area contributed by atoms with Crippen LogP contribution in [0.2, 0.25) is 0 Å². The van der Waals surface area contributed by atoms with E-state index in [0.29, 0.717) is 5.69 Å². The molecular formula is C13H17N3O2. The predicted octanol–water partition coefficient (Wildman–Crippen LogP) is 3.13. The number of likely N-dealkylation sites (tertiary alicyclic amines) is 1. The molecule has 1 fully saturated rings. The highest BCUT2D eigenvalue weighted by Gasteiger charge is 2.06. The molecule has 0 radical (unpaired) electrons. The average Bonchev–Trinajstić information content (AvgIpc) is 2.65. The summed E-state index contributed by atoms with van der Waals surface area (Å²) in [5.74, 6) is 0. The Labute approximate surface area is 106 Å². The lowest BCUT2D eigenvalue weighted by Crippen LogP contribution is -2.22. The normalized spacial score (nSPS) is 16.8. The molecule has 0 N–H and O–H groups in total. The minimum Gasteiger partial charge on any atom is -0.363 e. The van der Waals surface area contributed by atoms with Crippen LogP contribution >= 0.6 is 0 Å². The smallest absolute Gasteiger partial charge is 0.271 e. The molecule has 1 aromatic carbocycles. The van der Waals surface area contributed by atoms with Gasteiger partial charge in [-0.25, -0.2) is 4.99 Å². The van der Waals surface area contributed by atoms with Crippen molar-refractivity contribution in [1.29, 1.82) is 0 Å². The first-order valence-electron chi connectivity index (χ1n) is 6.28. The third-order valence-electron chi connectivity index (χ3n) is 3.05. The molecule has 5 nitrogen and oxygen atoms in total. The van der Waals surface area contributed by atoms with Crippen LogP contribution in [-0.4, -0.2) is 29.3 Å². The molecule has 1 aliphatic heterocycles. The summed E-state index contributed by atoms with van der Waals surface area (Å²) in [5.41, 5.74) is 0.717. The fourth-order valence-corrected chi connectivity index (χ4v) is 2.05. The number of hydrogen-bond acceptors (Lipinski definition) is 3. The average molecular weight is 247 g/mol. The van der Waals surface area contributed by atoms with Gasteiger partial charge in [-0.15, -0.1) is 0 Å². The van der Waals surface area contributed by atoms with E-state index in [-0.39, 0.29) is 5.69 Å². The summed E-state index contributed by atoms with van der Waals surface area (Å²) in [5, 5.41) is 10.6. The van der Waals surface area contributed by atoms with Crippen LogP contribution in [0.15, 0.2) is 29.3 Å². The van der Waals surface area contributed by atoms with E-state index in [0.717, 1.165) is 13.1 Å². The molecule has 0 amide bonds. The van der Waals surface area contributed by atoms with Gasteiger partial charge in [0.2, 0.25) is 0 Å². The van der Waals surface area contributed by atoms with Crippen molar-refractivity contribution in [2.24, 2.45) is 4.99 Å². The molecule has 5 heteroatoms. The van der Waals surface area contributed by atoms with E-state index >= 15 is 0 Å².